The molecule has 8 nitrogen and oxygen atoms in total. The van der Waals surface area contributed by atoms with Crippen molar-refractivity contribution in [1.29, 1.82) is 0 Å². The second kappa shape index (κ2) is 9.93. The molecule has 0 radical (unpaired) electrons. The van der Waals surface area contributed by atoms with E-state index in [0.29, 0.717) is 41.2 Å². The number of H-pyrrole nitrogens is 1. The standard InChI is InChI=1S/C26H27N3O5/c1-16-22(26(32)34-15-14-33-3)17(2)27-23(16)24(30)28-20-10-8-19(9-11-20)25(31)29-13-12-18-6-4-5-7-21(18)29/h4-11,27H,12-15H2,1-3H3,(H,28,30). The Labute approximate surface area is 197 Å². The van der Waals surface area contributed by atoms with Crippen LogP contribution in [-0.2, 0) is 15.9 Å². The van der Waals surface area contributed by atoms with Crippen molar-refractivity contribution in [3.63, 3.8) is 0 Å². The SMILES string of the molecule is COCCOC(=O)c1c(C)[nH]c(C(=O)Nc2ccc(C(=O)N3CCc4ccccc43)cc2)c1C. The lowest BCUT2D eigenvalue weighted by molar-refractivity contribution is 0.0386. The molecule has 2 amide bonds. The number of methoxy groups -OCH3 is 1. The number of esters is 1. The Balaban J connectivity index is 1.44. The predicted octanol–water partition coefficient (Wildman–Crippen LogP) is 3.89. The molecule has 0 atom stereocenters. The molecule has 4 rings (SSSR count). The van der Waals surface area contributed by atoms with Crippen LogP contribution in [-0.4, -0.2) is 49.6 Å². The molecule has 2 N–H and O–H groups in total. The molecule has 0 saturated heterocycles. The number of benzene rings is 2. The average Bonchev–Trinajstić information content (AvgIpc) is 3.39. The number of hydrogen-bond acceptors (Lipinski definition) is 5. The summed E-state index contributed by atoms with van der Waals surface area (Å²) in [6, 6.07) is 14.7. The van der Waals surface area contributed by atoms with Gasteiger partial charge in [0.1, 0.15) is 12.3 Å². The first-order valence-electron chi connectivity index (χ1n) is 11.1. The van der Waals surface area contributed by atoms with Crippen LogP contribution in [0.2, 0.25) is 0 Å². The fourth-order valence-corrected chi connectivity index (χ4v) is 4.17. The van der Waals surface area contributed by atoms with Gasteiger partial charge in [0.05, 0.1) is 12.2 Å². The number of nitrogens with zero attached hydrogens (tertiary/aromatic N) is 1. The number of aromatic amines is 1. The Kier molecular flexibility index (Phi) is 6.79. The van der Waals surface area contributed by atoms with Crippen molar-refractivity contribution in [1.82, 2.24) is 4.98 Å². The van der Waals surface area contributed by atoms with Crippen molar-refractivity contribution < 1.29 is 23.9 Å². The van der Waals surface area contributed by atoms with E-state index >= 15 is 0 Å². The topological polar surface area (TPSA) is 101 Å². The van der Waals surface area contributed by atoms with Crippen LogP contribution in [0, 0.1) is 13.8 Å². The van der Waals surface area contributed by atoms with Gasteiger partial charge < -0.3 is 24.7 Å². The van der Waals surface area contributed by atoms with Gasteiger partial charge in [0.15, 0.2) is 0 Å². The summed E-state index contributed by atoms with van der Waals surface area (Å²) in [5.41, 5.74) is 4.88. The normalized spacial score (nSPS) is 12.4. The molecule has 0 saturated carbocycles. The molecule has 2 aromatic carbocycles. The fraction of sp³-hybridized carbons (Fsp3) is 0.269. The molecule has 8 heteroatoms. The van der Waals surface area contributed by atoms with Gasteiger partial charge in [0, 0.05) is 36.3 Å². The number of anilines is 2. The zero-order chi connectivity index (χ0) is 24.2. The van der Waals surface area contributed by atoms with Crippen molar-refractivity contribution >= 4 is 29.2 Å². The predicted molar refractivity (Wildman–Crippen MR) is 129 cm³/mol. The Morgan fingerprint density at radius 3 is 2.50 bits per heavy atom. The molecule has 0 aliphatic carbocycles. The number of hydrogen-bond donors (Lipinski definition) is 2. The van der Waals surface area contributed by atoms with Crippen molar-refractivity contribution in [3.05, 3.63) is 82.2 Å². The molecular formula is C26H27N3O5. The van der Waals surface area contributed by atoms with Crippen molar-refractivity contribution in [2.75, 3.05) is 37.1 Å². The first kappa shape index (κ1) is 23.3. The van der Waals surface area contributed by atoms with Gasteiger partial charge in [-0.25, -0.2) is 4.79 Å². The molecule has 1 aliphatic heterocycles. The maximum absolute atomic E-state index is 13.0. The molecule has 0 spiro atoms. The quantitative estimate of drug-likeness (QED) is 0.411. The molecule has 0 fully saturated rings. The van der Waals surface area contributed by atoms with Gasteiger partial charge in [0.25, 0.3) is 11.8 Å². The van der Waals surface area contributed by atoms with Crippen LogP contribution in [0.1, 0.15) is 48.0 Å². The summed E-state index contributed by atoms with van der Waals surface area (Å²) in [7, 11) is 1.52. The maximum Gasteiger partial charge on any atom is 0.340 e. The largest absolute Gasteiger partial charge is 0.460 e. The number of nitrogens with one attached hydrogen (secondary N) is 2. The minimum Gasteiger partial charge on any atom is -0.460 e. The summed E-state index contributed by atoms with van der Waals surface area (Å²) in [5.74, 6) is -0.965. The van der Waals surface area contributed by atoms with Gasteiger partial charge >= 0.3 is 5.97 Å². The molecule has 0 bridgehead atoms. The molecule has 3 aromatic rings. The minimum atomic E-state index is -0.506. The monoisotopic (exact) mass is 461 g/mol. The molecule has 2 heterocycles. The smallest absolute Gasteiger partial charge is 0.340 e. The Hall–Kier alpha value is -3.91. The number of carbonyl (C=O) groups is 3. The van der Waals surface area contributed by atoms with Crippen LogP contribution in [0.25, 0.3) is 0 Å². The van der Waals surface area contributed by atoms with Crippen LogP contribution in [0.4, 0.5) is 11.4 Å². The van der Waals surface area contributed by atoms with E-state index in [2.05, 4.69) is 10.3 Å². The van der Waals surface area contributed by atoms with Gasteiger partial charge in [0.2, 0.25) is 0 Å². The number of fused-ring (bicyclic) bond motifs is 1. The summed E-state index contributed by atoms with van der Waals surface area (Å²) < 4.78 is 10.1. The summed E-state index contributed by atoms with van der Waals surface area (Å²) in [6.07, 6.45) is 0.840. The minimum absolute atomic E-state index is 0.0738. The van der Waals surface area contributed by atoms with Gasteiger partial charge in [-0.1, -0.05) is 18.2 Å². The van der Waals surface area contributed by atoms with Gasteiger partial charge in [-0.3, -0.25) is 9.59 Å². The third-order valence-electron chi connectivity index (χ3n) is 5.91. The lowest BCUT2D eigenvalue weighted by Crippen LogP contribution is -2.28. The van der Waals surface area contributed by atoms with E-state index in [1.807, 2.05) is 24.3 Å². The number of amides is 2. The van der Waals surface area contributed by atoms with Crippen molar-refractivity contribution in [2.45, 2.75) is 20.3 Å². The molecule has 176 valence electrons. The van der Waals surface area contributed by atoms with Crippen LogP contribution in [0.5, 0.6) is 0 Å². The Morgan fingerprint density at radius 2 is 1.76 bits per heavy atom. The average molecular weight is 462 g/mol. The van der Waals surface area contributed by atoms with Gasteiger partial charge in [-0.05, 0) is 61.7 Å². The van der Waals surface area contributed by atoms with E-state index in [-0.39, 0.29) is 24.1 Å². The zero-order valence-corrected chi connectivity index (χ0v) is 19.4. The third-order valence-corrected chi connectivity index (χ3v) is 5.91. The highest BCUT2D eigenvalue weighted by molar-refractivity contribution is 6.09. The first-order chi connectivity index (χ1) is 16.4. The van der Waals surface area contributed by atoms with E-state index in [1.54, 1.807) is 43.0 Å². The molecule has 1 aliphatic rings. The molecular weight excluding hydrogens is 434 g/mol. The third kappa shape index (κ3) is 4.58. The fourth-order valence-electron chi connectivity index (χ4n) is 4.17. The van der Waals surface area contributed by atoms with Crippen LogP contribution >= 0.6 is 0 Å². The van der Waals surface area contributed by atoms with Crippen molar-refractivity contribution in [3.8, 4) is 0 Å². The lowest BCUT2D eigenvalue weighted by Gasteiger charge is -2.17. The number of carbonyl (C=O) groups excluding carboxylic acids is 3. The van der Waals surface area contributed by atoms with Crippen molar-refractivity contribution in [2.24, 2.45) is 0 Å². The van der Waals surface area contributed by atoms with Gasteiger partial charge in [-0.2, -0.15) is 0 Å². The maximum atomic E-state index is 13.0. The number of aryl methyl sites for hydroxylation is 1. The van der Waals surface area contributed by atoms with Gasteiger partial charge in [-0.15, -0.1) is 0 Å². The highest BCUT2D eigenvalue weighted by Gasteiger charge is 2.26. The second-order valence-electron chi connectivity index (χ2n) is 8.12. The van der Waals surface area contributed by atoms with E-state index in [9.17, 15) is 14.4 Å². The van der Waals surface area contributed by atoms with E-state index in [4.69, 9.17) is 9.47 Å². The Morgan fingerprint density at radius 1 is 1.03 bits per heavy atom. The second-order valence-corrected chi connectivity index (χ2v) is 8.12. The van der Waals surface area contributed by atoms with E-state index < -0.39 is 5.97 Å². The summed E-state index contributed by atoms with van der Waals surface area (Å²) >= 11 is 0. The lowest BCUT2D eigenvalue weighted by atomic mass is 10.1. The van der Waals surface area contributed by atoms with Crippen LogP contribution in [0.15, 0.2) is 48.5 Å². The van der Waals surface area contributed by atoms with E-state index in [0.717, 1.165) is 12.1 Å². The summed E-state index contributed by atoms with van der Waals surface area (Å²) in [4.78, 5) is 43.0. The Bertz CT molecular complexity index is 1230. The van der Waals surface area contributed by atoms with Crippen LogP contribution < -0.4 is 10.2 Å². The molecule has 1 aromatic heterocycles. The summed E-state index contributed by atoms with van der Waals surface area (Å²) in [5, 5.41) is 2.81. The van der Waals surface area contributed by atoms with Crippen LogP contribution in [0.3, 0.4) is 0 Å². The summed E-state index contributed by atoms with van der Waals surface area (Å²) in [6.45, 7) is 4.49. The number of rotatable bonds is 7. The highest BCUT2D eigenvalue weighted by atomic mass is 16.6. The highest BCUT2D eigenvalue weighted by Crippen LogP contribution is 2.29. The number of ether oxygens (including phenoxy) is 2. The number of aromatic nitrogens is 1. The number of para-hydroxylation sites is 1. The first-order valence-corrected chi connectivity index (χ1v) is 11.1. The van der Waals surface area contributed by atoms with E-state index in [1.165, 1.54) is 12.7 Å². The zero-order valence-electron chi connectivity index (χ0n) is 19.4. The molecule has 0 unspecified atom stereocenters. The molecule has 34 heavy (non-hydrogen) atoms.